The van der Waals surface area contributed by atoms with Gasteiger partial charge in [-0.15, -0.1) is 0 Å². The van der Waals surface area contributed by atoms with E-state index in [9.17, 15) is 18.3 Å². The first-order valence-electron chi connectivity index (χ1n) is 5.40. The molecule has 1 aromatic rings. The fraction of sp³-hybridized carbons (Fsp3) is 0.333. The van der Waals surface area contributed by atoms with E-state index in [1.54, 1.807) is 32.9 Å². The largest absolute Gasteiger partial charge is 0.464 e. The van der Waals surface area contributed by atoms with E-state index in [0.717, 1.165) is 9.37 Å². The normalized spacial score (nSPS) is 10.9. The fourth-order valence-corrected chi connectivity index (χ4v) is 2.66. The van der Waals surface area contributed by atoms with Gasteiger partial charge in [-0.2, -0.15) is 8.42 Å². The van der Waals surface area contributed by atoms with Gasteiger partial charge in [-0.1, -0.05) is 36.7 Å². The molecule has 1 aromatic carbocycles. The number of benzene rings is 1. The van der Waals surface area contributed by atoms with Gasteiger partial charge in [-0.05, 0) is 24.3 Å². The van der Waals surface area contributed by atoms with Crippen molar-refractivity contribution in [2.24, 2.45) is 5.41 Å². The van der Waals surface area contributed by atoms with Crippen molar-refractivity contribution < 1.29 is 18.3 Å². The maximum absolute atomic E-state index is 11.4. The van der Waals surface area contributed by atoms with Gasteiger partial charge >= 0.3 is 6.09 Å². The molecule has 0 aromatic heterocycles. The number of hydrogen-bond donors (Lipinski definition) is 1. The Balaban J connectivity index is 3.49. The van der Waals surface area contributed by atoms with Crippen molar-refractivity contribution in [1.82, 2.24) is 0 Å². The molecule has 1 amide bonds. The molecule has 0 saturated heterocycles. The topological polar surface area (TPSA) is 74.7 Å². The van der Waals surface area contributed by atoms with Crippen molar-refractivity contribution in [3.05, 3.63) is 28.7 Å². The lowest BCUT2D eigenvalue weighted by molar-refractivity contribution is 0.205. The molecule has 19 heavy (non-hydrogen) atoms. The molecule has 0 bridgehead atoms. The highest BCUT2D eigenvalue weighted by atomic mass is 79.9. The number of amides is 1. The van der Waals surface area contributed by atoms with Crippen LogP contribution in [-0.4, -0.2) is 24.6 Å². The third-order valence-electron chi connectivity index (χ3n) is 2.28. The molecule has 0 spiro atoms. The van der Waals surface area contributed by atoms with Crippen LogP contribution in [0.3, 0.4) is 0 Å². The first-order chi connectivity index (χ1) is 8.64. The Hall–Kier alpha value is -1.34. The summed E-state index contributed by atoms with van der Waals surface area (Å²) >= 11 is 3.24. The molecule has 0 aliphatic heterocycles. The number of carboxylic acid groups (broad SMARTS) is 1. The smallest absolute Gasteiger partial charge is 0.417 e. The Morgan fingerprint density at radius 1 is 1.21 bits per heavy atom. The molecule has 0 unspecified atom stereocenters. The van der Waals surface area contributed by atoms with E-state index >= 15 is 0 Å². The molecular weight excluding hydrogens is 334 g/mol. The van der Waals surface area contributed by atoms with Crippen LogP contribution in [0.2, 0.25) is 0 Å². The number of halogens is 1. The van der Waals surface area contributed by atoms with Crippen LogP contribution in [0.1, 0.15) is 20.8 Å². The molecule has 0 fully saturated rings. The third kappa shape index (κ3) is 3.81. The number of anilines is 1. The van der Waals surface area contributed by atoms with E-state index in [1.807, 2.05) is 0 Å². The zero-order valence-electron chi connectivity index (χ0n) is 10.7. The Morgan fingerprint density at radius 2 is 1.68 bits per heavy atom. The van der Waals surface area contributed by atoms with Crippen LogP contribution in [0, 0.1) is 5.41 Å². The Labute approximate surface area is 121 Å². The summed E-state index contributed by atoms with van der Waals surface area (Å²) < 4.78 is 23.5. The summed E-state index contributed by atoms with van der Waals surface area (Å²) in [6.45, 7) is 4.94. The van der Waals surface area contributed by atoms with Gasteiger partial charge in [0, 0.05) is 9.89 Å². The molecule has 0 heterocycles. The van der Waals surface area contributed by atoms with Crippen LogP contribution in [0.15, 0.2) is 28.7 Å². The molecule has 5 nitrogen and oxygen atoms in total. The van der Waals surface area contributed by atoms with Gasteiger partial charge in [-0.25, -0.2) is 9.69 Å². The number of rotatable bonds is 1. The van der Waals surface area contributed by atoms with E-state index in [2.05, 4.69) is 15.9 Å². The summed E-state index contributed by atoms with van der Waals surface area (Å²) in [7, 11) is -2.63. The molecule has 0 atom stereocenters. The minimum atomic E-state index is -2.63. The molecule has 1 N–H and O–H groups in total. The highest BCUT2D eigenvalue weighted by molar-refractivity contribution is 9.10. The molecular formula is C12H14BrNO4S. The molecule has 7 heteroatoms. The Morgan fingerprint density at radius 3 is 2.00 bits per heavy atom. The molecule has 0 aliphatic carbocycles. The predicted octanol–water partition coefficient (Wildman–Crippen LogP) is 2.99. The van der Waals surface area contributed by atoms with Crippen LogP contribution >= 0.6 is 15.9 Å². The van der Waals surface area contributed by atoms with Gasteiger partial charge in [0.15, 0.2) is 4.99 Å². The van der Waals surface area contributed by atoms with E-state index < -0.39 is 21.8 Å². The molecule has 104 valence electrons. The maximum atomic E-state index is 11.4. The monoisotopic (exact) mass is 347 g/mol. The van der Waals surface area contributed by atoms with Gasteiger partial charge in [-0.3, -0.25) is 0 Å². The average molecular weight is 348 g/mol. The lowest BCUT2D eigenvalue weighted by Crippen LogP contribution is -2.43. The summed E-state index contributed by atoms with van der Waals surface area (Å²) in [4.78, 5) is 12.0. The van der Waals surface area contributed by atoms with Crippen LogP contribution in [0.25, 0.3) is 0 Å². The molecule has 0 aliphatic rings. The van der Waals surface area contributed by atoms with Crippen molar-refractivity contribution in [2.75, 3.05) is 4.90 Å². The summed E-state index contributed by atoms with van der Waals surface area (Å²) in [5.74, 6) is 0. The SMILES string of the molecule is CC(C)(C)C(N(C(=O)O)c1ccc(Br)cc1)=S(=O)=O. The van der Waals surface area contributed by atoms with E-state index in [0.29, 0.717) is 0 Å². The van der Waals surface area contributed by atoms with E-state index in [-0.39, 0.29) is 10.7 Å². The predicted molar refractivity (Wildman–Crippen MR) is 78.0 cm³/mol. The zero-order valence-corrected chi connectivity index (χ0v) is 13.1. The average Bonchev–Trinajstić information content (AvgIpc) is 2.24. The summed E-state index contributed by atoms with van der Waals surface area (Å²) in [5, 5.41) is 9.30. The first-order valence-corrected chi connectivity index (χ1v) is 7.26. The van der Waals surface area contributed by atoms with Gasteiger partial charge in [0.25, 0.3) is 0 Å². The van der Waals surface area contributed by atoms with Crippen molar-refractivity contribution in [3.63, 3.8) is 0 Å². The second-order valence-corrected chi connectivity index (χ2v) is 6.66. The first kappa shape index (κ1) is 15.7. The summed E-state index contributed by atoms with van der Waals surface area (Å²) in [6.07, 6.45) is -1.34. The highest BCUT2D eigenvalue weighted by Gasteiger charge is 2.31. The van der Waals surface area contributed by atoms with Gasteiger partial charge < -0.3 is 5.11 Å². The van der Waals surface area contributed by atoms with Gasteiger partial charge in [0.1, 0.15) is 0 Å². The van der Waals surface area contributed by atoms with Gasteiger partial charge in [0.05, 0.1) is 5.69 Å². The minimum absolute atomic E-state index is 0.192. The quantitative estimate of drug-likeness (QED) is 0.792. The third-order valence-corrected chi connectivity index (χ3v) is 3.92. The van der Waals surface area contributed by atoms with Gasteiger partial charge in [0.2, 0.25) is 10.3 Å². The second-order valence-electron chi connectivity index (χ2n) is 4.88. The van der Waals surface area contributed by atoms with E-state index in [4.69, 9.17) is 0 Å². The van der Waals surface area contributed by atoms with Crippen molar-refractivity contribution in [2.45, 2.75) is 20.8 Å². The van der Waals surface area contributed by atoms with Crippen molar-refractivity contribution >= 4 is 43.0 Å². The summed E-state index contributed by atoms with van der Waals surface area (Å²) in [6, 6.07) is 6.38. The lowest BCUT2D eigenvalue weighted by Gasteiger charge is -2.28. The zero-order chi connectivity index (χ0) is 14.8. The fourth-order valence-electron chi connectivity index (χ4n) is 1.56. The molecule has 1 rings (SSSR count). The van der Waals surface area contributed by atoms with Crippen molar-refractivity contribution in [3.8, 4) is 0 Å². The number of carbonyl (C=O) groups is 1. The lowest BCUT2D eigenvalue weighted by atomic mass is 9.95. The Bertz CT molecular complexity index is 606. The number of hydrogen-bond acceptors (Lipinski definition) is 3. The molecule has 0 saturated carbocycles. The highest BCUT2D eigenvalue weighted by Crippen LogP contribution is 2.25. The minimum Gasteiger partial charge on any atom is -0.464 e. The number of nitrogens with zero attached hydrogens (tertiary/aromatic N) is 1. The maximum Gasteiger partial charge on any atom is 0.417 e. The molecule has 0 radical (unpaired) electrons. The van der Waals surface area contributed by atoms with Crippen molar-refractivity contribution in [1.29, 1.82) is 0 Å². The summed E-state index contributed by atoms with van der Waals surface area (Å²) in [5.41, 5.74) is -0.539. The van der Waals surface area contributed by atoms with Crippen LogP contribution in [0.4, 0.5) is 10.5 Å². The second kappa shape index (κ2) is 5.75. The van der Waals surface area contributed by atoms with Crippen LogP contribution in [-0.2, 0) is 10.3 Å². The standard InChI is InChI=1S/C12H14BrNO4S/c1-12(2,3)10(19(17)18)14(11(15)16)9-6-4-8(13)5-7-9/h4-7H,1-3H3,(H,15,16). The van der Waals surface area contributed by atoms with Crippen LogP contribution in [0.5, 0.6) is 0 Å². The van der Waals surface area contributed by atoms with Crippen LogP contribution < -0.4 is 4.90 Å². The van der Waals surface area contributed by atoms with E-state index in [1.165, 1.54) is 12.1 Å². The Kier molecular flexibility index (Phi) is 4.75.